The van der Waals surface area contributed by atoms with E-state index in [0.717, 1.165) is 49.7 Å². The first kappa shape index (κ1) is 14.6. The molecule has 0 spiro atoms. The maximum atomic E-state index is 5.61. The molecule has 0 aliphatic carbocycles. The zero-order valence-electron chi connectivity index (χ0n) is 11.9. The number of benzene rings is 1. The van der Waals surface area contributed by atoms with Crippen LogP contribution < -0.4 is 4.74 Å². The molecular formula is C16H21NO3. The number of ether oxygens (including phenoxy) is 2. The lowest BCUT2D eigenvalue weighted by Crippen LogP contribution is -2.03. The van der Waals surface area contributed by atoms with Crippen molar-refractivity contribution in [3.63, 3.8) is 0 Å². The van der Waals surface area contributed by atoms with Gasteiger partial charge in [0.05, 0.1) is 18.9 Å². The maximum Gasteiger partial charge on any atom is 0.133 e. The lowest BCUT2D eigenvalue weighted by atomic mass is 10.3. The summed E-state index contributed by atoms with van der Waals surface area (Å²) in [6.07, 6.45) is 2.81. The van der Waals surface area contributed by atoms with Crippen LogP contribution in [-0.4, -0.2) is 25.0 Å². The molecule has 2 rings (SSSR count). The first-order valence-corrected chi connectivity index (χ1v) is 7.02. The Morgan fingerprint density at radius 3 is 2.60 bits per heavy atom. The second-order valence-electron chi connectivity index (χ2n) is 4.66. The van der Waals surface area contributed by atoms with E-state index in [9.17, 15) is 0 Å². The third-order valence-electron chi connectivity index (χ3n) is 2.87. The van der Waals surface area contributed by atoms with Gasteiger partial charge in [0.1, 0.15) is 11.5 Å². The van der Waals surface area contributed by atoms with Gasteiger partial charge in [-0.15, -0.1) is 0 Å². The van der Waals surface area contributed by atoms with Crippen molar-refractivity contribution in [1.29, 1.82) is 0 Å². The quantitative estimate of drug-likeness (QED) is 0.658. The summed E-state index contributed by atoms with van der Waals surface area (Å²) in [5, 5.41) is 3.92. The summed E-state index contributed by atoms with van der Waals surface area (Å²) in [6.45, 7) is 4.07. The third-order valence-corrected chi connectivity index (χ3v) is 2.87. The predicted molar refractivity (Wildman–Crippen MR) is 76.9 cm³/mol. The van der Waals surface area contributed by atoms with Crippen LogP contribution in [0.2, 0.25) is 0 Å². The van der Waals surface area contributed by atoms with Crippen molar-refractivity contribution in [2.75, 3.05) is 19.8 Å². The first-order chi connectivity index (χ1) is 9.84. The van der Waals surface area contributed by atoms with Crippen LogP contribution in [0.25, 0.3) is 0 Å². The zero-order chi connectivity index (χ0) is 14.0. The number of rotatable bonds is 9. The normalized spacial score (nSPS) is 10.7. The Morgan fingerprint density at radius 1 is 1.05 bits per heavy atom. The summed E-state index contributed by atoms with van der Waals surface area (Å²) < 4.78 is 16.2. The van der Waals surface area contributed by atoms with Crippen molar-refractivity contribution in [2.24, 2.45) is 0 Å². The van der Waals surface area contributed by atoms with Crippen LogP contribution >= 0.6 is 0 Å². The first-order valence-electron chi connectivity index (χ1n) is 7.02. The van der Waals surface area contributed by atoms with Gasteiger partial charge in [0.15, 0.2) is 0 Å². The standard InChI is InChI=1S/C16H21NO3/c1-14-13-15(17-20-14)9-12-18-10-5-6-11-19-16-7-3-2-4-8-16/h2-4,7-8,13H,5-6,9-12H2,1H3. The molecule has 0 fully saturated rings. The largest absolute Gasteiger partial charge is 0.494 e. The van der Waals surface area contributed by atoms with Gasteiger partial charge in [0, 0.05) is 19.1 Å². The lowest BCUT2D eigenvalue weighted by molar-refractivity contribution is 0.128. The molecule has 0 bridgehead atoms. The minimum absolute atomic E-state index is 0.686. The fourth-order valence-corrected chi connectivity index (χ4v) is 1.83. The smallest absolute Gasteiger partial charge is 0.133 e. The van der Waals surface area contributed by atoms with Gasteiger partial charge in [0.25, 0.3) is 0 Å². The average Bonchev–Trinajstić information content (AvgIpc) is 2.88. The van der Waals surface area contributed by atoms with E-state index in [4.69, 9.17) is 14.0 Å². The molecule has 0 unspecified atom stereocenters. The number of aromatic nitrogens is 1. The molecule has 0 radical (unpaired) electrons. The summed E-state index contributed by atoms with van der Waals surface area (Å²) in [7, 11) is 0. The SMILES string of the molecule is Cc1cc(CCOCCCCOc2ccccc2)no1. The fourth-order valence-electron chi connectivity index (χ4n) is 1.83. The van der Waals surface area contributed by atoms with Crippen molar-refractivity contribution in [3.8, 4) is 5.75 Å². The van der Waals surface area contributed by atoms with Gasteiger partial charge in [0.2, 0.25) is 0 Å². The molecule has 0 aliphatic heterocycles. The highest BCUT2D eigenvalue weighted by Gasteiger charge is 1.99. The molecular weight excluding hydrogens is 254 g/mol. The molecule has 1 aromatic carbocycles. The summed E-state index contributed by atoms with van der Waals surface area (Å²) in [6, 6.07) is 11.8. The van der Waals surface area contributed by atoms with E-state index >= 15 is 0 Å². The van der Waals surface area contributed by atoms with Crippen LogP contribution in [0.5, 0.6) is 5.75 Å². The van der Waals surface area contributed by atoms with Gasteiger partial charge in [-0.25, -0.2) is 0 Å². The molecule has 4 heteroatoms. The lowest BCUT2D eigenvalue weighted by Gasteiger charge is -2.06. The Kier molecular flexibility index (Phi) is 6.11. The van der Waals surface area contributed by atoms with E-state index < -0.39 is 0 Å². The highest BCUT2D eigenvalue weighted by atomic mass is 16.5. The molecule has 0 aliphatic rings. The summed E-state index contributed by atoms with van der Waals surface area (Å²) in [4.78, 5) is 0. The minimum atomic E-state index is 0.686. The van der Waals surface area contributed by atoms with Gasteiger partial charge in [-0.3, -0.25) is 0 Å². The van der Waals surface area contributed by atoms with Crippen molar-refractivity contribution < 1.29 is 14.0 Å². The molecule has 0 atom stereocenters. The van der Waals surface area contributed by atoms with E-state index in [1.54, 1.807) is 0 Å². The van der Waals surface area contributed by atoms with Crippen molar-refractivity contribution in [2.45, 2.75) is 26.2 Å². The molecule has 0 saturated carbocycles. The Bertz CT molecular complexity index is 481. The Hall–Kier alpha value is -1.81. The summed E-state index contributed by atoms with van der Waals surface area (Å²) in [5.74, 6) is 1.77. The summed E-state index contributed by atoms with van der Waals surface area (Å²) in [5.41, 5.74) is 0.954. The van der Waals surface area contributed by atoms with E-state index in [1.165, 1.54) is 0 Å². The van der Waals surface area contributed by atoms with Crippen LogP contribution in [0.15, 0.2) is 40.9 Å². The highest BCUT2D eigenvalue weighted by Crippen LogP contribution is 2.08. The van der Waals surface area contributed by atoms with Crippen molar-refractivity contribution in [1.82, 2.24) is 5.16 Å². The van der Waals surface area contributed by atoms with Crippen LogP contribution in [0, 0.1) is 6.92 Å². The second-order valence-corrected chi connectivity index (χ2v) is 4.66. The number of nitrogens with zero attached hydrogens (tertiary/aromatic N) is 1. The number of hydrogen-bond donors (Lipinski definition) is 0. The van der Waals surface area contributed by atoms with Gasteiger partial charge < -0.3 is 14.0 Å². The van der Waals surface area contributed by atoms with Gasteiger partial charge >= 0.3 is 0 Å². The number of unbranched alkanes of at least 4 members (excludes halogenated alkanes) is 1. The second kappa shape index (κ2) is 8.38. The molecule has 0 N–H and O–H groups in total. The molecule has 1 aromatic heterocycles. The molecule has 4 nitrogen and oxygen atoms in total. The van der Waals surface area contributed by atoms with Crippen LogP contribution in [0.3, 0.4) is 0 Å². The molecule has 20 heavy (non-hydrogen) atoms. The third kappa shape index (κ3) is 5.45. The molecule has 1 heterocycles. The van der Waals surface area contributed by atoms with Gasteiger partial charge in [-0.05, 0) is 31.9 Å². The Balaban J connectivity index is 1.44. The molecule has 2 aromatic rings. The zero-order valence-corrected chi connectivity index (χ0v) is 11.9. The predicted octanol–water partition coefficient (Wildman–Crippen LogP) is 3.40. The number of hydrogen-bond acceptors (Lipinski definition) is 4. The maximum absolute atomic E-state index is 5.61. The topological polar surface area (TPSA) is 44.5 Å². The Morgan fingerprint density at radius 2 is 1.85 bits per heavy atom. The number of para-hydroxylation sites is 1. The Labute approximate surface area is 119 Å². The van der Waals surface area contributed by atoms with E-state index in [1.807, 2.05) is 43.3 Å². The summed E-state index contributed by atoms with van der Waals surface area (Å²) >= 11 is 0. The van der Waals surface area contributed by atoms with Crippen molar-refractivity contribution in [3.05, 3.63) is 47.9 Å². The van der Waals surface area contributed by atoms with E-state index in [-0.39, 0.29) is 0 Å². The van der Waals surface area contributed by atoms with Gasteiger partial charge in [-0.1, -0.05) is 23.4 Å². The average molecular weight is 275 g/mol. The number of aryl methyl sites for hydroxylation is 1. The van der Waals surface area contributed by atoms with Crippen molar-refractivity contribution >= 4 is 0 Å². The van der Waals surface area contributed by atoms with Crippen LogP contribution in [-0.2, 0) is 11.2 Å². The molecule has 0 saturated heterocycles. The van der Waals surface area contributed by atoms with Crippen LogP contribution in [0.1, 0.15) is 24.3 Å². The fraction of sp³-hybridized carbons (Fsp3) is 0.438. The minimum Gasteiger partial charge on any atom is -0.494 e. The molecule has 108 valence electrons. The monoisotopic (exact) mass is 275 g/mol. The molecule has 0 amide bonds. The highest BCUT2D eigenvalue weighted by molar-refractivity contribution is 5.20. The van der Waals surface area contributed by atoms with Gasteiger partial charge in [-0.2, -0.15) is 0 Å². The van der Waals surface area contributed by atoms with E-state index in [2.05, 4.69) is 5.16 Å². The van der Waals surface area contributed by atoms with E-state index in [0.29, 0.717) is 6.61 Å². The van der Waals surface area contributed by atoms with Crippen LogP contribution in [0.4, 0.5) is 0 Å².